The minimum atomic E-state index is -3.80. The Morgan fingerprint density at radius 1 is 1.16 bits per heavy atom. The van der Waals surface area contributed by atoms with Crippen LogP contribution in [0.3, 0.4) is 0 Å². The van der Waals surface area contributed by atoms with Gasteiger partial charge in [0.25, 0.3) is 10.0 Å². The molecule has 2 atom stereocenters. The van der Waals surface area contributed by atoms with E-state index in [4.69, 9.17) is 5.11 Å². The van der Waals surface area contributed by atoms with Gasteiger partial charge < -0.3 is 5.11 Å². The first-order valence-electron chi connectivity index (χ1n) is 10.9. The molecule has 0 fully saturated rings. The van der Waals surface area contributed by atoms with E-state index in [-0.39, 0.29) is 20.8 Å². The second kappa shape index (κ2) is 10.5. The quantitative estimate of drug-likeness (QED) is 0.289. The van der Waals surface area contributed by atoms with E-state index in [1.807, 2.05) is 40.8 Å². The van der Waals surface area contributed by atoms with Crippen LogP contribution in [0.25, 0.3) is 0 Å². The lowest BCUT2D eigenvalue weighted by Gasteiger charge is -2.23. The van der Waals surface area contributed by atoms with E-state index in [9.17, 15) is 17.6 Å². The number of rotatable bonds is 9. The molecule has 0 spiro atoms. The summed E-state index contributed by atoms with van der Waals surface area (Å²) in [6.45, 7) is 2.14. The fourth-order valence-electron chi connectivity index (χ4n) is 4.45. The van der Waals surface area contributed by atoms with Gasteiger partial charge in [-0.2, -0.15) is 0 Å². The summed E-state index contributed by atoms with van der Waals surface area (Å²) in [6, 6.07) is 10.3. The molecule has 3 rings (SSSR count). The highest BCUT2D eigenvalue weighted by Crippen LogP contribution is 2.45. The molecule has 0 saturated carbocycles. The number of carboxylic acid groups (broad SMARTS) is 1. The van der Waals surface area contributed by atoms with Gasteiger partial charge in [0.1, 0.15) is 5.82 Å². The van der Waals surface area contributed by atoms with Gasteiger partial charge in [-0.3, -0.25) is 9.10 Å². The van der Waals surface area contributed by atoms with Crippen LogP contribution in [0, 0.1) is 15.3 Å². The Kier molecular flexibility index (Phi) is 8.19. The van der Waals surface area contributed by atoms with Crippen LogP contribution < -0.4 is 4.31 Å². The Balaban J connectivity index is 1.88. The molecule has 0 saturated heterocycles. The number of nitrogens with zero attached hydrogens (tertiary/aromatic N) is 1. The van der Waals surface area contributed by atoms with E-state index in [0.29, 0.717) is 30.0 Å². The lowest BCUT2D eigenvalue weighted by molar-refractivity contribution is -0.137. The molecule has 0 aromatic heterocycles. The maximum Gasteiger partial charge on any atom is 0.303 e. The van der Waals surface area contributed by atoms with Crippen molar-refractivity contribution in [2.75, 3.05) is 11.4 Å². The molecule has 32 heavy (non-hydrogen) atoms. The van der Waals surface area contributed by atoms with Crippen molar-refractivity contribution in [2.24, 2.45) is 5.92 Å². The zero-order valence-corrected chi connectivity index (χ0v) is 21.3. The monoisotopic (exact) mass is 573 g/mol. The number of fused-ring (bicyclic) bond motifs is 2. The second-order valence-electron chi connectivity index (χ2n) is 8.58. The van der Waals surface area contributed by atoms with Gasteiger partial charge in [0.05, 0.1) is 14.2 Å². The zero-order valence-electron chi connectivity index (χ0n) is 18.4. The predicted molar refractivity (Wildman–Crippen MR) is 132 cm³/mol. The Morgan fingerprint density at radius 3 is 2.56 bits per heavy atom. The van der Waals surface area contributed by atoms with Crippen molar-refractivity contribution < 1.29 is 22.7 Å². The minimum absolute atomic E-state index is 0.174. The summed E-state index contributed by atoms with van der Waals surface area (Å²) in [5.41, 5.74) is 2.05. The summed E-state index contributed by atoms with van der Waals surface area (Å²) < 4.78 is 42.9. The molecule has 1 N–H and O–H groups in total. The summed E-state index contributed by atoms with van der Waals surface area (Å²) in [4.78, 5) is 10.8. The van der Waals surface area contributed by atoms with E-state index < -0.39 is 21.8 Å². The molecule has 174 valence electrons. The summed E-state index contributed by atoms with van der Waals surface area (Å²) in [5, 5.41) is 8.74. The maximum absolute atomic E-state index is 14.6. The van der Waals surface area contributed by atoms with E-state index in [0.717, 1.165) is 31.2 Å². The van der Waals surface area contributed by atoms with Crippen molar-refractivity contribution in [1.82, 2.24) is 0 Å². The largest absolute Gasteiger partial charge is 0.481 e. The van der Waals surface area contributed by atoms with Gasteiger partial charge in [-0.05, 0) is 70.7 Å². The molecular weight excluding hydrogens is 544 g/mol. The first kappa shape index (κ1) is 25.0. The number of benzene rings is 2. The molecule has 1 unspecified atom stereocenters. The van der Waals surface area contributed by atoms with E-state index in [1.165, 1.54) is 16.4 Å². The van der Waals surface area contributed by atoms with E-state index >= 15 is 0 Å². The Labute approximate surface area is 203 Å². The van der Waals surface area contributed by atoms with Crippen molar-refractivity contribution in [3.63, 3.8) is 0 Å². The summed E-state index contributed by atoms with van der Waals surface area (Å²) in [7, 11) is -2.25. The highest BCUT2D eigenvalue weighted by molar-refractivity contribution is 14.1. The fraction of sp³-hybridized carbons (Fsp3) is 0.458. The topological polar surface area (TPSA) is 74.7 Å². The van der Waals surface area contributed by atoms with Crippen molar-refractivity contribution in [1.29, 1.82) is 0 Å². The number of carboxylic acids is 1. The van der Waals surface area contributed by atoms with Crippen LogP contribution in [0.4, 0.5) is 10.1 Å². The van der Waals surface area contributed by atoms with Crippen LogP contribution in [0.15, 0.2) is 41.3 Å². The van der Waals surface area contributed by atoms with Crippen LogP contribution in [-0.4, -0.2) is 26.5 Å². The molecule has 0 radical (unpaired) electrons. The van der Waals surface area contributed by atoms with Gasteiger partial charge >= 0.3 is 5.97 Å². The van der Waals surface area contributed by atoms with Crippen molar-refractivity contribution in [3.05, 3.63) is 56.9 Å². The molecule has 0 amide bonds. The lowest BCUT2D eigenvalue weighted by Crippen LogP contribution is -2.26. The van der Waals surface area contributed by atoms with Gasteiger partial charge in [0.2, 0.25) is 0 Å². The van der Waals surface area contributed by atoms with Crippen LogP contribution in [0.2, 0.25) is 0 Å². The lowest BCUT2D eigenvalue weighted by atomic mass is 9.82. The molecule has 2 aromatic rings. The Bertz CT molecular complexity index is 1090. The van der Waals surface area contributed by atoms with Crippen LogP contribution >= 0.6 is 22.6 Å². The Morgan fingerprint density at radius 2 is 1.84 bits per heavy atom. The molecule has 0 aliphatic carbocycles. The number of anilines is 1. The summed E-state index contributed by atoms with van der Waals surface area (Å²) >= 11 is 1.84. The Hall–Kier alpha value is -1.68. The fourth-order valence-corrected chi connectivity index (χ4v) is 6.61. The molecule has 1 heterocycles. The van der Waals surface area contributed by atoms with Crippen LogP contribution in [0.1, 0.15) is 68.9 Å². The zero-order chi connectivity index (χ0) is 23.5. The number of aliphatic carboxylic acids is 1. The maximum atomic E-state index is 14.6. The van der Waals surface area contributed by atoms with E-state index in [1.54, 1.807) is 13.1 Å². The third kappa shape index (κ3) is 5.44. The predicted octanol–water partition coefficient (Wildman–Crippen LogP) is 6.15. The number of halogens is 2. The number of hydrogen-bond donors (Lipinski definition) is 1. The SMILES string of the molecule is C[C@@H](CCCCCCC(=O)O)CC1c2ccccc2N(C)S(=O)(=O)c2cc(I)c(F)cc21. The van der Waals surface area contributed by atoms with Crippen molar-refractivity contribution >= 4 is 44.3 Å². The summed E-state index contributed by atoms with van der Waals surface area (Å²) in [6.07, 6.45) is 5.41. The third-order valence-corrected chi connectivity index (χ3v) is 8.85. The van der Waals surface area contributed by atoms with Gasteiger partial charge in [0, 0.05) is 19.4 Å². The molecule has 1 aliphatic rings. The van der Waals surface area contributed by atoms with E-state index in [2.05, 4.69) is 6.92 Å². The normalized spacial score (nSPS) is 17.9. The average Bonchev–Trinajstić information content (AvgIpc) is 2.80. The average molecular weight is 573 g/mol. The first-order valence-corrected chi connectivity index (χ1v) is 13.4. The van der Waals surface area contributed by atoms with Crippen LogP contribution in [-0.2, 0) is 14.8 Å². The minimum Gasteiger partial charge on any atom is -0.481 e. The van der Waals surface area contributed by atoms with Crippen molar-refractivity contribution in [2.45, 2.75) is 62.7 Å². The van der Waals surface area contributed by atoms with Gasteiger partial charge in [0.15, 0.2) is 0 Å². The highest BCUT2D eigenvalue weighted by Gasteiger charge is 2.36. The summed E-state index contributed by atoms with van der Waals surface area (Å²) in [5.74, 6) is -1.09. The van der Waals surface area contributed by atoms with Gasteiger partial charge in [-0.1, -0.05) is 50.8 Å². The highest BCUT2D eigenvalue weighted by atomic mass is 127. The molecular formula is C24H29FINO4S. The molecule has 0 bridgehead atoms. The standard InChI is InChI=1S/C24H29FINO4S/c1-16(9-5-3-4-6-12-24(28)29)13-18-17-10-7-8-11-22(17)27(2)32(30,31)23-15-21(26)20(25)14-19(18)23/h7-8,10-11,14-16,18H,3-6,9,12-13H2,1-2H3,(H,28,29)/t16-,18?/m0/s1. The van der Waals surface area contributed by atoms with Crippen molar-refractivity contribution in [3.8, 4) is 0 Å². The number of carbonyl (C=O) groups is 1. The van der Waals surface area contributed by atoms with Gasteiger partial charge in [-0.15, -0.1) is 0 Å². The van der Waals surface area contributed by atoms with Gasteiger partial charge in [-0.25, -0.2) is 12.8 Å². The molecule has 8 heteroatoms. The molecule has 1 aliphatic heterocycles. The number of para-hydroxylation sites is 1. The number of unbranched alkanes of at least 4 members (excludes halogenated alkanes) is 3. The molecule has 5 nitrogen and oxygen atoms in total. The third-order valence-electron chi connectivity index (χ3n) is 6.19. The second-order valence-corrected chi connectivity index (χ2v) is 11.7. The smallest absolute Gasteiger partial charge is 0.303 e. The molecule has 2 aromatic carbocycles. The first-order chi connectivity index (χ1) is 15.1. The number of hydrogen-bond acceptors (Lipinski definition) is 3. The number of sulfonamides is 1. The van der Waals surface area contributed by atoms with Crippen LogP contribution in [0.5, 0.6) is 0 Å².